The molecule has 6 aliphatic carbocycles. The highest BCUT2D eigenvalue weighted by Crippen LogP contribution is 2.68. The number of carbonyl (C=O) groups excluding carboxylic acids is 1. The maximum Gasteiger partial charge on any atom is 0.318 e. The number of rotatable bonds is 3. The lowest BCUT2D eigenvalue weighted by molar-refractivity contribution is -0.122. The molecule has 0 radical (unpaired) electrons. The average molecular weight is 759 g/mol. The Morgan fingerprint density at radius 1 is 0.786 bits per heavy atom. The number of hydrogen-bond acceptors (Lipinski definition) is 2. The molecule has 9 atom stereocenters. The number of urea groups is 1. The fraction of sp³-hybridized carbons (Fsp3) is 0.647. The Morgan fingerprint density at radius 3 is 2.16 bits per heavy atom. The van der Waals surface area contributed by atoms with Gasteiger partial charge in [0.1, 0.15) is 0 Å². The van der Waals surface area contributed by atoms with Crippen molar-refractivity contribution in [2.24, 2.45) is 52.3 Å². The fourth-order valence-electron chi connectivity index (χ4n) is 13.4. The number of allylic oxidation sites excluding steroid dienone is 2. The highest BCUT2D eigenvalue weighted by atomic mass is 16.2. The van der Waals surface area contributed by atoms with Crippen LogP contribution in [0.5, 0.6) is 0 Å². The first kappa shape index (κ1) is 40.8. The number of H-pyrrole nitrogens is 1. The summed E-state index contributed by atoms with van der Waals surface area (Å²) >= 11 is 0. The van der Waals surface area contributed by atoms with Crippen LogP contribution in [0, 0.1) is 59.2 Å². The zero-order chi connectivity index (χ0) is 38.4. The van der Waals surface area contributed by atoms with Gasteiger partial charge in [0.25, 0.3) is 0 Å². The number of benzene rings is 2. The van der Waals surface area contributed by atoms with Crippen LogP contribution in [-0.2, 0) is 0 Å². The summed E-state index contributed by atoms with van der Waals surface area (Å²) in [6.07, 6.45) is 24.7. The molecule has 56 heavy (non-hydrogen) atoms. The van der Waals surface area contributed by atoms with Gasteiger partial charge in [-0.3, -0.25) is 0 Å². The summed E-state index contributed by atoms with van der Waals surface area (Å²) in [5.74, 6) is 5.99. The van der Waals surface area contributed by atoms with Crippen LogP contribution in [0.15, 0.2) is 73.2 Å². The average Bonchev–Trinajstić information content (AvgIpc) is 3.55. The van der Waals surface area contributed by atoms with E-state index in [0.717, 1.165) is 60.6 Å². The minimum atomic E-state index is 0. The van der Waals surface area contributed by atoms with Gasteiger partial charge in [-0.15, -0.1) is 0 Å². The molecule has 2 heterocycles. The van der Waals surface area contributed by atoms with E-state index in [1.807, 2.05) is 36.5 Å². The van der Waals surface area contributed by atoms with E-state index in [2.05, 4.69) is 92.1 Å². The SMILES string of the molecule is C.CC1CC1.Cc1ccc(C2=CCC3(C)C4CCC5C(CCC6(NC(=O)N7CCC[C@H]7C)CCCC56)C4CCC3C2(C)C)cc1.c1ccc(-c2cnc[nH]2)cc1. The number of nitrogens with one attached hydrogen (secondary N) is 2. The third-order valence-electron chi connectivity index (χ3n) is 16.4. The fourth-order valence-corrected chi connectivity index (χ4v) is 13.4. The molecule has 0 bridgehead atoms. The zero-order valence-electron chi connectivity index (χ0n) is 35.0. The largest absolute Gasteiger partial charge is 0.345 e. The van der Waals surface area contributed by atoms with Crippen molar-refractivity contribution in [1.82, 2.24) is 20.2 Å². The van der Waals surface area contributed by atoms with Gasteiger partial charge >= 0.3 is 6.03 Å². The van der Waals surface area contributed by atoms with E-state index in [9.17, 15) is 4.79 Å². The third-order valence-corrected chi connectivity index (χ3v) is 16.4. The molecular weight excluding hydrogens is 685 g/mol. The van der Waals surface area contributed by atoms with Crippen LogP contribution in [0.2, 0.25) is 0 Å². The summed E-state index contributed by atoms with van der Waals surface area (Å²) in [6, 6.07) is 20.1. The van der Waals surface area contributed by atoms with Gasteiger partial charge in [-0.1, -0.05) is 121 Å². The molecule has 10 rings (SSSR count). The number of amides is 2. The molecule has 1 aliphatic heterocycles. The molecule has 6 fully saturated rings. The molecule has 1 aromatic heterocycles. The monoisotopic (exact) mass is 759 g/mol. The summed E-state index contributed by atoms with van der Waals surface area (Å²) in [6.45, 7) is 15.5. The predicted octanol–water partition coefficient (Wildman–Crippen LogP) is 13.1. The number of carbonyl (C=O) groups is 1. The molecule has 0 spiro atoms. The number of nitrogens with zero attached hydrogens (tertiary/aromatic N) is 2. The molecule has 7 aliphatic rings. The number of imidazole rings is 1. The lowest BCUT2D eigenvalue weighted by Crippen LogP contribution is -2.62. The Kier molecular flexibility index (Phi) is 12.0. The molecule has 5 saturated carbocycles. The normalized spacial score (nSPS) is 35.0. The standard InChI is InChI=1S/C37H54N2O.C9H8N2.C4H8.CH4/c1-24-10-12-26(13-11-24)30-19-21-36(5)31-16-14-29-27(28(31)15-17-33(36)35(30,3)4)18-22-37(20-6-9-32(29)37)38-34(40)39-23-7-8-25(39)2;1-2-4-8(5-3-1)9-6-10-7-11-9;1-4-2-3-4;/h10-13,19,25,27-29,31-33H,6-9,14-18,20-23H2,1-5H3,(H,38,40);1-7H,(H,10,11);4H,2-3H2,1H3;1H4/t25-,27?,28?,29?,31?,32?,33?,36?,37?;;;/m1.../s1. The number of fused-ring (bicyclic) bond motifs is 7. The van der Waals surface area contributed by atoms with Crippen LogP contribution < -0.4 is 5.32 Å². The summed E-state index contributed by atoms with van der Waals surface area (Å²) in [5.41, 5.74) is 7.33. The van der Waals surface area contributed by atoms with Gasteiger partial charge in [0, 0.05) is 18.1 Å². The second-order valence-corrected chi connectivity index (χ2v) is 20.0. The number of hydrogen-bond donors (Lipinski definition) is 2. The molecule has 2 N–H and O–H groups in total. The zero-order valence-corrected chi connectivity index (χ0v) is 35.0. The molecule has 2 amide bonds. The van der Waals surface area contributed by atoms with Crippen molar-refractivity contribution >= 4 is 11.6 Å². The highest BCUT2D eigenvalue weighted by Gasteiger charge is 2.62. The summed E-state index contributed by atoms with van der Waals surface area (Å²) < 4.78 is 0. The van der Waals surface area contributed by atoms with Gasteiger partial charge < -0.3 is 15.2 Å². The van der Waals surface area contributed by atoms with Crippen molar-refractivity contribution in [1.29, 1.82) is 0 Å². The van der Waals surface area contributed by atoms with Gasteiger partial charge in [-0.25, -0.2) is 9.78 Å². The molecule has 1 saturated heterocycles. The lowest BCUT2D eigenvalue weighted by Gasteiger charge is -2.64. The molecule has 5 heteroatoms. The smallest absolute Gasteiger partial charge is 0.318 e. The molecule has 8 unspecified atom stereocenters. The van der Waals surface area contributed by atoms with Crippen molar-refractivity contribution in [3.05, 3.63) is 84.3 Å². The second kappa shape index (κ2) is 16.5. The van der Waals surface area contributed by atoms with Crippen LogP contribution in [-0.4, -0.2) is 39.0 Å². The maximum atomic E-state index is 13.5. The lowest BCUT2D eigenvalue weighted by atomic mass is 9.41. The van der Waals surface area contributed by atoms with Crippen LogP contribution in [0.25, 0.3) is 16.8 Å². The van der Waals surface area contributed by atoms with Gasteiger partial charge in [0.05, 0.1) is 18.2 Å². The van der Waals surface area contributed by atoms with E-state index in [1.165, 1.54) is 93.7 Å². The van der Waals surface area contributed by atoms with Crippen LogP contribution in [0.1, 0.15) is 143 Å². The number of aromatic nitrogens is 2. The van der Waals surface area contributed by atoms with Crippen LogP contribution in [0.3, 0.4) is 0 Å². The molecule has 3 aromatic rings. The van der Waals surface area contributed by atoms with E-state index in [1.54, 1.807) is 11.9 Å². The van der Waals surface area contributed by atoms with Crippen LogP contribution in [0.4, 0.5) is 4.79 Å². The molecule has 2 aromatic carbocycles. The number of aromatic amines is 1. The Bertz CT molecular complexity index is 1780. The maximum absolute atomic E-state index is 13.5. The predicted molar refractivity (Wildman–Crippen MR) is 234 cm³/mol. The molecule has 304 valence electrons. The summed E-state index contributed by atoms with van der Waals surface area (Å²) in [4.78, 5) is 22.6. The van der Waals surface area contributed by atoms with Crippen molar-refractivity contribution in [3.63, 3.8) is 0 Å². The Morgan fingerprint density at radius 2 is 1.50 bits per heavy atom. The number of aryl methyl sites for hydroxylation is 1. The van der Waals surface area contributed by atoms with Crippen molar-refractivity contribution in [2.75, 3.05) is 6.54 Å². The number of likely N-dealkylation sites (tertiary alicyclic amines) is 1. The molecular formula is C51H74N4O. The minimum Gasteiger partial charge on any atom is -0.345 e. The highest BCUT2D eigenvalue weighted by molar-refractivity contribution is 5.76. The minimum absolute atomic E-state index is 0. The second-order valence-electron chi connectivity index (χ2n) is 20.0. The third kappa shape index (κ3) is 7.79. The van der Waals surface area contributed by atoms with E-state index in [0.29, 0.717) is 17.4 Å². The molecule has 5 nitrogen and oxygen atoms in total. The van der Waals surface area contributed by atoms with Crippen molar-refractivity contribution in [3.8, 4) is 11.3 Å². The van der Waals surface area contributed by atoms with E-state index in [4.69, 9.17) is 0 Å². The van der Waals surface area contributed by atoms with E-state index in [-0.39, 0.29) is 24.4 Å². The van der Waals surface area contributed by atoms with Gasteiger partial charge in [0.15, 0.2) is 0 Å². The van der Waals surface area contributed by atoms with Crippen molar-refractivity contribution in [2.45, 2.75) is 150 Å². The van der Waals surface area contributed by atoms with Gasteiger partial charge in [-0.05, 0) is 153 Å². The Balaban J connectivity index is 0.000000249. The summed E-state index contributed by atoms with van der Waals surface area (Å²) in [5, 5.41) is 3.74. The first-order valence-electron chi connectivity index (χ1n) is 22.4. The van der Waals surface area contributed by atoms with Gasteiger partial charge in [0.2, 0.25) is 0 Å². The van der Waals surface area contributed by atoms with E-state index < -0.39 is 0 Å². The summed E-state index contributed by atoms with van der Waals surface area (Å²) in [7, 11) is 0. The first-order chi connectivity index (χ1) is 26.5. The quantitative estimate of drug-likeness (QED) is 0.279. The topological polar surface area (TPSA) is 61.0 Å². The van der Waals surface area contributed by atoms with E-state index >= 15 is 0 Å². The van der Waals surface area contributed by atoms with Gasteiger partial charge in [-0.2, -0.15) is 0 Å². The Hall–Kier alpha value is -3.34. The van der Waals surface area contributed by atoms with Crippen LogP contribution >= 0.6 is 0 Å². The van der Waals surface area contributed by atoms with Crippen molar-refractivity contribution < 1.29 is 4.79 Å². The Labute approximate surface area is 340 Å². The first-order valence-corrected chi connectivity index (χ1v) is 22.4.